The molecule has 1 aliphatic heterocycles. The average Bonchev–Trinajstić information content (AvgIpc) is 2.96. The molecule has 0 bridgehead atoms. The van der Waals surface area contributed by atoms with Crippen molar-refractivity contribution in [3.05, 3.63) is 48.8 Å². The Morgan fingerprint density at radius 1 is 1.18 bits per heavy atom. The van der Waals surface area contributed by atoms with Gasteiger partial charge in [0.05, 0.1) is 17.1 Å². The molecule has 5 nitrogen and oxygen atoms in total. The Hall–Kier alpha value is -2.08. The molecule has 0 spiro atoms. The summed E-state index contributed by atoms with van der Waals surface area (Å²) in [6.07, 6.45) is 5.55. The minimum atomic E-state index is -3.24. The molecule has 1 fully saturated rings. The standard InChI is InChI=1S/C16H18N2O3S/c1-22(19,20)16-5-3-2-4-15(16)18-11-8-14(12-18)21-13-6-9-17-10-7-13/h2-7,9-10,14H,8,11-12H2,1H3. The van der Waals surface area contributed by atoms with Gasteiger partial charge in [-0.2, -0.15) is 0 Å². The Morgan fingerprint density at radius 3 is 2.64 bits per heavy atom. The summed E-state index contributed by atoms with van der Waals surface area (Å²) < 4.78 is 29.8. The van der Waals surface area contributed by atoms with Crippen LogP contribution in [0.15, 0.2) is 53.7 Å². The molecule has 0 aliphatic carbocycles. The van der Waals surface area contributed by atoms with E-state index < -0.39 is 9.84 Å². The first kappa shape index (κ1) is 14.8. The quantitative estimate of drug-likeness (QED) is 0.864. The van der Waals surface area contributed by atoms with Gasteiger partial charge in [0.25, 0.3) is 0 Å². The van der Waals surface area contributed by atoms with Crippen LogP contribution >= 0.6 is 0 Å². The highest BCUT2D eigenvalue weighted by Gasteiger charge is 2.27. The van der Waals surface area contributed by atoms with E-state index in [2.05, 4.69) is 9.88 Å². The number of aromatic nitrogens is 1. The lowest BCUT2D eigenvalue weighted by atomic mass is 10.3. The molecule has 1 aliphatic rings. The van der Waals surface area contributed by atoms with Crippen molar-refractivity contribution < 1.29 is 13.2 Å². The summed E-state index contributed by atoms with van der Waals surface area (Å²) >= 11 is 0. The van der Waals surface area contributed by atoms with Gasteiger partial charge in [-0.1, -0.05) is 12.1 Å². The van der Waals surface area contributed by atoms with E-state index in [4.69, 9.17) is 4.74 Å². The van der Waals surface area contributed by atoms with Crippen LogP contribution < -0.4 is 9.64 Å². The summed E-state index contributed by atoms with van der Waals surface area (Å²) in [5.74, 6) is 0.790. The second-order valence-electron chi connectivity index (χ2n) is 5.40. The van der Waals surface area contributed by atoms with Gasteiger partial charge < -0.3 is 9.64 Å². The smallest absolute Gasteiger partial charge is 0.177 e. The van der Waals surface area contributed by atoms with Crippen molar-refractivity contribution in [1.82, 2.24) is 4.98 Å². The van der Waals surface area contributed by atoms with Gasteiger partial charge in [0.15, 0.2) is 9.84 Å². The number of nitrogens with zero attached hydrogens (tertiary/aromatic N) is 2. The van der Waals surface area contributed by atoms with Gasteiger partial charge in [-0.25, -0.2) is 8.42 Å². The van der Waals surface area contributed by atoms with Crippen LogP contribution in [-0.4, -0.2) is 38.9 Å². The van der Waals surface area contributed by atoms with Gasteiger partial charge in [-0.3, -0.25) is 4.98 Å². The van der Waals surface area contributed by atoms with Crippen molar-refractivity contribution in [1.29, 1.82) is 0 Å². The van der Waals surface area contributed by atoms with Gasteiger partial charge in [-0.15, -0.1) is 0 Å². The Kier molecular flexibility index (Phi) is 4.02. The van der Waals surface area contributed by atoms with E-state index in [0.717, 1.165) is 24.4 Å². The molecule has 1 atom stereocenters. The van der Waals surface area contributed by atoms with Crippen molar-refractivity contribution in [3.63, 3.8) is 0 Å². The molecule has 3 rings (SSSR count). The van der Waals surface area contributed by atoms with E-state index in [1.54, 1.807) is 24.5 Å². The van der Waals surface area contributed by atoms with Crippen molar-refractivity contribution in [3.8, 4) is 5.75 Å². The average molecular weight is 318 g/mol. The van der Waals surface area contributed by atoms with Gasteiger partial charge in [0.2, 0.25) is 0 Å². The second kappa shape index (κ2) is 5.96. The first-order chi connectivity index (χ1) is 10.5. The molecule has 1 aromatic carbocycles. The molecular weight excluding hydrogens is 300 g/mol. The third-order valence-electron chi connectivity index (χ3n) is 3.70. The lowest BCUT2D eigenvalue weighted by molar-refractivity contribution is 0.224. The fourth-order valence-corrected chi connectivity index (χ4v) is 3.59. The fraction of sp³-hybridized carbons (Fsp3) is 0.312. The zero-order valence-corrected chi connectivity index (χ0v) is 13.2. The van der Waals surface area contributed by atoms with Crippen LogP contribution in [0, 0.1) is 0 Å². The number of hydrogen-bond acceptors (Lipinski definition) is 5. The topological polar surface area (TPSA) is 59.5 Å². The Morgan fingerprint density at radius 2 is 1.91 bits per heavy atom. The number of benzene rings is 1. The van der Waals surface area contributed by atoms with Crippen LogP contribution in [0.25, 0.3) is 0 Å². The number of rotatable bonds is 4. The largest absolute Gasteiger partial charge is 0.488 e. The maximum atomic E-state index is 11.9. The highest BCUT2D eigenvalue weighted by atomic mass is 32.2. The third kappa shape index (κ3) is 3.22. The van der Waals surface area contributed by atoms with E-state index >= 15 is 0 Å². The molecule has 2 aromatic rings. The monoisotopic (exact) mass is 318 g/mol. The Balaban J connectivity index is 1.76. The van der Waals surface area contributed by atoms with Crippen LogP contribution in [-0.2, 0) is 9.84 Å². The summed E-state index contributed by atoms with van der Waals surface area (Å²) in [4.78, 5) is 6.41. The summed E-state index contributed by atoms with van der Waals surface area (Å²) in [7, 11) is -3.24. The van der Waals surface area contributed by atoms with Crippen LogP contribution in [0.3, 0.4) is 0 Å². The number of sulfone groups is 1. The lowest BCUT2D eigenvalue weighted by Crippen LogP contribution is -2.25. The zero-order valence-electron chi connectivity index (χ0n) is 12.3. The highest BCUT2D eigenvalue weighted by Crippen LogP contribution is 2.29. The predicted molar refractivity (Wildman–Crippen MR) is 85.0 cm³/mol. The summed E-state index contributed by atoms with van der Waals surface area (Å²) in [6.45, 7) is 1.46. The molecule has 0 radical (unpaired) electrons. The van der Waals surface area contributed by atoms with Gasteiger partial charge in [-0.05, 0) is 24.3 Å². The molecular formula is C16H18N2O3S. The first-order valence-electron chi connectivity index (χ1n) is 7.15. The molecule has 0 saturated carbocycles. The van der Waals surface area contributed by atoms with Gasteiger partial charge >= 0.3 is 0 Å². The molecule has 6 heteroatoms. The Bertz CT molecular complexity index is 747. The molecule has 2 heterocycles. The van der Waals surface area contributed by atoms with Gasteiger partial charge in [0.1, 0.15) is 11.9 Å². The van der Waals surface area contributed by atoms with Crippen molar-refractivity contribution in [2.45, 2.75) is 17.4 Å². The molecule has 0 amide bonds. The molecule has 0 N–H and O–H groups in total. The van der Waals surface area contributed by atoms with Crippen molar-refractivity contribution in [2.24, 2.45) is 0 Å². The second-order valence-corrected chi connectivity index (χ2v) is 7.38. The van der Waals surface area contributed by atoms with Crippen molar-refractivity contribution >= 4 is 15.5 Å². The summed E-state index contributed by atoms with van der Waals surface area (Å²) in [5, 5.41) is 0. The number of ether oxygens (including phenoxy) is 1. The van der Waals surface area contributed by atoms with E-state index in [9.17, 15) is 8.42 Å². The Labute approximate surface area is 130 Å². The normalized spacial score (nSPS) is 18.4. The SMILES string of the molecule is CS(=O)(=O)c1ccccc1N1CCC(Oc2ccncc2)C1. The molecule has 116 valence electrons. The zero-order chi connectivity index (χ0) is 15.6. The highest BCUT2D eigenvalue weighted by molar-refractivity contribution is 7.90. The number of hydrogen-bond donors (Lipinski definition) is 0. The summed E-state index contributed by atoms with van der Waals surface area (Å²) in [6, 6.07) is 10.8. The molecule has 22 heavy (non-hydrogen) atoms. The number of pyridine rings is 1. The number of anilines is 1. The molecule has 1 unspecified atom stereocenters. The molecule has 1 saturated heterocycles. The van der Waals surface area contributed by atoms with Crippen LogP contribution in [0.4, 0.5) is 5.69 Å². The summed E-state index contributed by atoms with van der Waals surface area (Å²) in [5.41, 5.74) is 0.755. The van der Waals surface area contributed by atoms with Crippen LogP contribution in [0.5, 0.6) is 5.75 Å². The van der Waals surface area contributed by atoms with Crippen LogP contribution in [0.1, 0.15) is 6.42 Å². The number of para-hydroxylation sites is 1. The van der Waals surface area contributed by atoms with E-state index in [0.29, 0.717) is 11.4 Å². The maximum absolute atomic E-state index is 11.9. The van der Waals surface area contributed by atoms with Crippen LogP contribution in [0.2, 0.25) is 0 Å². The minimum absolute atomic E-state index is 0.0509. The van der Waals surface area contributed by atoms with Gasteiger partial charge in [0, 0.05) is 31.6 Å². The van der Waals surface area contributed by atoms with Crippen molar-refractivity contribution in [2.75, 3.05) is 24.2 Å². The van der Waals surface area contributed by atoms with E-state index in [1.165, 1.54) is 6.26 Å². The predicted octanol–water partition coefficient (Wildman–Crippen LogP) is 2.14. The fourth-order valence-electron chi connectivity index (χ4n) is 2.68. The third-order valence-corrected chi connectivity index (χ3v) is 4.85. The minimum Gasteiger partial charge on any atom is -0.488 e. The maximum Gasteiger partial charge on any atom is 0.177 e. The first-order valence-corrected chi connectivity index (χ1v) is 9.04. The van der Waals surface area contributed by atoms with E-state index in [-0.39, 0.29) is 6.10 Å². The lowest BCUT2D eigenvalue weighted by Gasteiger charge is -2.21. The molecule has 1 aromatic heterocycles. The van der Waals surface area contributed by atoms with E-state index in [1.807, 2.05) is 24.3 Å².